The van der Waals surface area contributed by atoms with Crippen LogP contribution in [0.1, 0.15) is 11.6 Å². The van der Waals surface area contributed by atoms with Gasteiger partial charge in [0, 0.05) is 18.1 Å². The third-order valence-electron chi connectivity index (χ3n) is 2.98. The molecule has 3 rings (SSSR count). The van der Waals surface area contributed by atoms with Gasteiger partial charge < -0.3 is 10.1 Å². The minimum Gasteiger partial charge on any atom is -0.378 e. The summed E-state index contributed by atoms with van der Waals surface area (Å²) in [7, 11) is 0. The number of hydrogen-bond acceptors (Lipinski definition) is 3. The van der Waals surface area contributed by atoms with E-state index in [9.17, 15) is 0 Å². The first-order chi connectivity index (χ1) is 7.95. The van der Waals surface area contributed by atoms with Crippen LogP contribution in [0.5, 0.6) is 0 Å². The lowest BCUT2D eigenvalue weighted by atomic mass is 10.0. The molecule has 0 unspecified atom stereocenters. The summed E-state index contributed by atoms with van der Waals surface area (Å²) in [5, 5.41) is 4.69. The van der Waals surface area contributed by atoms with E-state index in [2.05, 4.69) is 28.5 Å². The van der Waals surface area contributed by atoms with Crippen LogP contribution in [0.3, 0.4) is 0 Å². The minimum absolute atomic E-state index is 0. The number of benzene rings is 1. The third kappa shape index (κ3) is 2.41. The van der Waals surface area contributed by atoms with Crippen molar-refractivity contribution in [3.8, 4) is 0 Å². The molecule has 0 radical (unpaired) electrons. The van der Waals surface area contributed by atoms with Crippen molar-refractivity contribution < 1.29 is 4.74 Å². The monoisotopic (exact) mass is 250 g/mol. The van der Waals surface area contributed by atoms with Crippen molar-refractivity contribution in [3.05, 3.63) is 42.1 Å². The Kier molecular flexibility index (Phi) is 3.94. The van der Waals surface area contributed by atoms with E-state index in [4.69, 9.17) is 4.74 Å². The molecule has 0 spiro atoms. The number of rotatable bonds is 1. The molecular weight excluding hydrogens is 236 g/mol. The third-order valence-corrected chi connectivity index (χ3v) is 2.98. The second-order valence-corrected chi connectivity index (χ2v) is 4.00. The smallest absolute Gasteiger partial charge is 0.0705 e. The lowest BCUT2D eigenvalue weighted by Gasteiger charge is -2.25. The molecule has 0 saturated carbocycles. The maximum Gasteiger partial charge on any atom is 0.0705 e. The van der Waals surface area contributed by atoms with E-state index in [0.717, 1.165) is 25.3 Å². The number of halogens is 1. The topological polar surface area (TPSA) is 34.1 Å². The van der Waals surface area contributed by atoms with Crippen LogP contribution in [0.4, 0.5) is 0 Å². The summed E-state index contributed by atoms with van der Waals surface area (Å²) >= 11 is 0. The molecule has 2 aromatic rings. The van der Waals surface area contributed by atoms with Crippen LogP contribution < -0.4 is 5.32 Å². The predicted molar refractivity (Wildman–Crippen MR) is 70.6 cm³/mol. The molecule has 1 fully saturated rings. The number of nitrogens with one attached hydrogen (secondary N) is 1. The van der Waals surface area contributed by atoms with E-state index >= 15 is 0 Å². The lowest BCUT2D eigenvalue weighted by Crippen LogP contribution is -2.34. The van der Waals surface area contributed by atoms with E-state index in [0.29, 0.717) is 6.04 Å². The average Bonchev–Trinajstić information content (AvgIpc) is 2.39. The summed E-state index contributed by atoms with van der Waals surface area (Å²) in [6.45, 7) is 2.47. The molecule has 1 aliphatic rings. The lowest BCUT2D eigenvalue weighted by molar-refractivity contribution is 0.0773. The van der Waals surface area contributed by atoms with Gasteiger partial charge in [0.1, 0.15) is 0 Å². The van der Waals surface area contributed by atoms with Crippen LogP contribution in [0.25, 0.3) is 10.9 Å². The normalized spacial score (nSPS) is 19.9. The van der Waals surface area contributed by atoms with E-state index in [1.165, 1.54) is 10.9 Å². The fourth-order valence-electron chi connectivity index (χ4n) is 2.19. The molecule has 1 aliphatic heterocycles. The molecule has 1 aromatic heterocycles. The predicted octanol–water partition coefficient (Wildman–Crippen LogP) is 2.32. The van der Waals surface area contributed by atoms with Crippen molar-refractivity contribution in [2.45, 2.75) is 6.04 Å². The number of pyridine rings is 1. The molecule has 4 heteroatoms. The van der Waals surface area contributed by atoms with Gasteiger partial charge in [-0.05, 0) is 17.7 Å². The zero-order valence-corrected chi connectivity index (χ0v) is 10.2. The highest BCUT2D eigenvalue weighted by atomic mass is 35.5. The fourth-order valence-corrected chi connectivity index (χ4v) is 2.19. The molecule has 17 heavy (non-hydrogen) atoms. The van der Waals surface area contributed by atoms with Gasteiger partial charge in [0.25, 0.3) is 0 Å². The molecule has 1 aromatic carbocycles. The Morgan fingerprint density at radius 3 is 2.94 bits per heavy atom. The highest BCUT2D eigenvalue weighted by molar-refractivity contribution is 5.85. The molecule has 3 nitrogen and oxygen atoms in total. The van der Waals surface area contributed by atoms with E-state index in [-0.39, 0.29) is 12.4 Å². The van der Waals surface area contributed by atoms with Gasteiger partial charge in [0.15, 0.2) is 0 Å². The SMILES string of the molecule is Cl.c1ccc2c([C@H]3COCCN3)ccnc2c1. The molecule has 0 bridgehead atoms. The Bertz CT molecular complexity index is 492. The fraction of sp³-hybridized carbons (Fsp3) is 0.308. The van der Waals surface area contributed by atoms with Gasteiger partial charge in [-0.25, -0.2) is 0 Å². The Balaban J connectivity index is 0.00000108. The second-order valence-electron chi connectivity index (χ2n) is 4.00. The zero-order chi connectivity index (χ0) is 10.8. The minimum atomic E-state index is 0. The van der Waals surface area contributed by atoms with Gasteiger partial charge in [-0.15, -0.1) is 12.4 Å². The van der Waals surface area contributed by atoms with Crippen LogP contribution in [0.15, 0.2) is 36.5 Å². The molecule has 2 heterocycles. The van der Waals surface area contributed by atoms with Gasteiger partial charge in [0.2, 0.25) is 0 Å². The Hall–Kier alpha value is -1.16. The van der Waals surface area contributed by atoms with Crippen molar-refractivity contribution in [2.75, 3.05) is 19.8 Å². The van der Waals surface area contributed by atoms with Crippen LogP contribution in [0.2, 0.25) is 0 Å². The standard InChI is InChI=1S/C13H14N2O.ClH/c1-2-4-12-10(3-1)11(5-6-14-12)13-9-16-8-7-15-13;/h1-6,13,15H,7-9H2;1H/t13-;/m1./s1. The molecular formula is C13H15ClN2O. The summed E-state index contributed by atoms with van der Waals surface area (Å²) in [5.41, 5.74) is 2.33. The first kappa shape index (κ1) is 12.3. The highest BCUT2D eigenvalue weighted by Gasteiger charge is 2.17. The summed E-state index contributed by atoms with van der Waals surface area (Å²) in [5.74, 6) is 0. The summed E-state index contributed by atoms with van der Waals surface area (Å²) < 4.78 is 5.50. The number of morpholine rings is 1. The molecule has 1 atom stereocenters. The van der Waals surface area contributed by atoms with E-state index < -0.39 is 0 Å². The molecule has 1 N–H and O–H groups in total. The maximum atomic E-state index is 5.50. The first-order valence-electron chi connectivity index (χ1n) is 5.60. The van der Waals surface area contributed by atoms with Crippen molar-refractivity contribution in [1.29, 1.82) is 0 Å². The van der Waals surface area contributed by atoms with Gasteiger partial charge in [-0.3, -0.25) is 4.98 Å². The van der Waals surface area contributed by atoms with Crippen LogP contribution in [-0.2, 0) is 4.74 Å². The van der Waals surface area contributed by atoms with Crippen LogP contribution in [-0.4, -0.2) is 24.7 Å². The van der Waals surface area contributed by atoms with Gasteiger partial charge >= 0.3 is 0 Å². The summed E-state index contributed by atoms with van der Waals surface area (Å²) in [4.78, 5) is 4.37. The molecule has 1 saturated heterocycles. The average molecular weight is 251 g/mol. The quantitative estimate of drug-likeness (QED) is 0.844. The number of fused-ring (bicyclic) bond motifs is 1. The van der Waals surface area contributed by atoms with E-state index in [1.54, 1.807) is 0 Å². The molecule has 90 valence electrons. The van der Waals surface area contributed by atoms with Crippen LogP contribution >= 0.6 is 12.4 Å². The summed E-state index contributed by atoms with van der Waals surface area (Å²) in [6, 6.07) is 10.6. The zero-order valence-electron chi connectivity index (χ0n) is 9.43. The molecule has 0 aliphatic carbocycles. The Morgan fingerprint density at radius 2 is 2.12 bits per heavy atom. The Labute approximate surface area is 107 Å². The second kappa shape index (κ2) is 5.45. The number of aromatic nitrogens is 1. The van der Waals surface area contributed by atoms with Crippen molar-refractivity contribution in [3.63, 3.8) is 0 Å². The number of hydrogen-bond donors (Lipinski definition) is 1. The summed E-state index contributed by atoms with van der Waals surface area (Å²) in [6.07, 6.45) is 1.87. The number of ether oxygens (including phenoxy) is 1. The van der Waals surface area contributed by atoms with Crippen molar-refractivity contribution in [1.82, 2.24) is 10.3 Å². The highest BCUT2D eigenvalue weighted by Crippen LogP contribution is 2.23. The van der Waals surface area contributed by atoms with Gasteiger partial charge in [-0.2, -0.15) is 0 Å². The Morgan fingerprint density at radius 1 is 1.24 bits per heavy atom. The van der Waals surface area contributed by atoms with Crippen molar-refractivity contribution in [2.24, 2.45) is 0 Å². The number of nitrogens with zero attached hydrogens (tertiary/aromatic N) is 1. The van der Waals surface area contributed by atoms with Crippen LogP contribution in [0, 0.1) is 0 Å². The van der Waals surface area contributed by atoms with Gasteiger partial charge in [0.05, 0.1) is 24.8 Å². The molecule has 0 amide bonds. The number of para-hydroxylation sites is 1. The van der Waals surface area contributed by atoms with E-state index in [1.807, 2.05) is 18.3 Å². The van der Waals surface area contributed by atoms with Gasteiger partial charge in [-0.1, -0.05) is 18.2 Å². The van der Waals surface area contributed by atoms with Crippen molar-refractivity contribution >= 4 is 23.3 Å². The first-order valence-corrected chi connectivity index (χ1v) is 5.60. The maximum absolute atomic E-state index is 5.50. The largest absolute Gasteiger partial charge is 0.378 e.